The molecule has 1 atom stereocenters. The molecule has 0 bridgehead atoms. The Labute approximate surface area is 171 Å². The van der Waals surface area contributed by atoms with Crippen molar-refractivity contribution in [3.8, 4) is 16.9 Å². The highest BCUT2D eigenvalue weighted by molar-refractivity contribution is 7.62. The number of fused-ring (bicyclic) bond motifs is 3. The molecule has 1 heterocycles. The van der Waals surface area contributed by atoms with E-state index in [9.17, 15) is 9.46 Å². The van der Waals surface area contributed by atoms with Crippen molar-refractivity contribution in [2.75, 3.05) is 0 Å². The Morgan fingerprint density at radius 3 is 2.41 bits per heavy atom. The van der Waals surface area contributed by atoms with E-state index in [1.807, 2.05) is 36.4 Å². The van der Waals surface area contributed by atoms with Crippen LogP contribution in [0.2, 0.25) is 0 Å². The van der Waals surface area contributed by atoms with E-state index in [1.165, 1.54) is 37.7 Å². The molecule has 1 unspecified atom stereocenters. The molecule has 1 aliphatic carbocycles. The van der Waals surface area contributed by atoms with Gasteiger partial charge in [-0.3, -0.25) is 0 Å². The summed E-state index contributed by atoms with van der Waals surface area (Å²) < 4.78 is 18.9. The molecule has 1 aliphatic heterocycles. The molecule has 0 saturated heterocycles. The fourth-order valence-corrected chi connectivity index (χ4v) is 6.34. The van der Waals surface area contributed by atoms with E-state index in [0.717, 1.165) is 22.3 Å². The average molecular weight is 404 g/mol. The van der Waals surface area contributed by atoms with E-state index in [2.05, 4.69) is 24.3 Å². The Morgan fingerprint density at radius 2 is 1.62 bits per heavy atom. The highest BCUT2D eigenvalue weighted by atomic mass is 31.2. The van der Waals surface area contributed by atoms with E-state index in [4.69, 9.17) is 4.52 Å². The van der Waals surface area contributed by atoms with E-state index in [1.54, 1.807) is 6.07 Å². The molecule has 0 radical (unpaired) electrons. The van der Waals surface area contributed by atoms with Gasteiger partial charge in [0.15, 0.2) is 0 Å². The fourth-order valence-electron chi connectivity index (χ4n) is 4.83. The van der Waals surface area contributed by atoms with Crippen LogP contribution in [-0.2, 0) is 11.0 Å². The van der Waals surface area contributed by atoms with Crippen molar-refractivity contribution in [3.63, 3.8) is 0 Å². The molecular formula is C25H25O3P. The van der Waals surface area contributed by atoms with Crippen molar-refractivity contribution in [1.82, 2.24) is 0 Å². The molecule has 3 aromatic carbocycles. The predicted octanol–water partition coefficient (Wildman–Crippen LogP) is 6.20. The first-order valence-corrected chi connectivity index (χ1v) is 12.0. The number of hydrogen-bond acceptors (Lipinski definition) is 2. The molecule has 5 rings (SSSR count). The molecule has 2 aliphatic rings. The van der Waals surface area contributed by atoms with Gasteiger partial charge in [0.1, 0.15) is 5.75 Å². The molecule has 4 heteroatoms. The van der Waals surface area contributed by atoms with Crippen LogP contribution in [0.25, 0.3) is 11.1 Å². The van der Waals surface area contributed by atoms with Crippen molar-refractivity contribution in [3.05, 3.63) is 83.4 Å². The van der Waals surface area contributed by atoms with Gasteiger partial charge in [-0.1, -0.05) is 73.9 Å². The Kier molecular flexibility index (Phi) is 4.81. The highest BCUT2D eigenvalue weighted by Crippen LogP contribution is 2.53. The molecule has 29 heavy (non-hydrogen) atoms. The summed E-state index contributed by atoms with van der Waals surface area (Å²) in [5.74, 6) is 1.02. The van der Waals surface area contributed by atoms with Gasteiger partial charge in [-0.25, -0.2) is 4.57 Å². The zero-order chi connectivity index (χ0) is 19.8. The maximum atomic E-state index is 13.3. The van der Waals surface area contributed by atoms with Crippen molar-refractivity contribution < 1.29 is 14.0 Å². The van der Waals surface area contributed by atoms with E-state index < -0.39 is 7.60 Å². The number of rotatable bonds is 3. The van der Waals surface area contributed by atoms with Crippen LogP contribution in [-0.4, -0.2) is 4.89 Å². The second kappa shape index (κ2) is 7.48. The molecule has 0 amide bonds. The monoisotopic (exact) mass is 404 g/mol. The SMILES string of the molecule is O=P1(O)Oc2ccccc2-c2cc(C3CCCCC3)cc(Cc3ccccc3)c21. The zero-order valence-corrected chi connectivity index (χ0v) is 17.3. The predicted molar refractivity (Wildman–Crippen MR) is 117 cm³/mol. The molecule has 1 saturated carbocycles. The summed E-state index contributed by atoms with van der Waals surface area (Å²) in [6, 6.07) is 22.1. The van der Waals surface area contributed by atoms with Gasteiger partial charge in [0.05, 0.1) is 5.30 Å². The Bertz CT molecular complexity index is 1080. The molecule has 1 fully saturated rings. The van der Waals surface area contributed by atoms with Gasteiger partial charge in [0.25, 0.3) is 0 Å². The van der Waals surface area contributed by atoms with Gasteiger partial charge in [-0.2, -0.15) is 0 Å². The van der Waals surface area contributed by atoms with Gasteiger partial charge in [0, 0.05) is 11.1 Å². The third-order valence-corrected chi connectivity index (χ3v) is 7.74. The maximum absolute atomic E-state index is 13.3. The third-order valence-electron chi connectivity index (χ3n) is 6.21. The Morgan fingerprint density at radius 1 is 0.897 bits per heavy atom. The van der Waals surface area contributed by atoms with E-state index in [0.29, 0.717) is 23.4 Å². The van der Waals surface area contributed by atoms with Crippen LogP contribution in [0, 0.1) is 0 Å². The van der Waals surface area contributed by atoms with Gasteiger partial charge >= 0.3 is 7.60 Å². The Balaban J connectivity index is 1.72. The molecule has 1 N–H and O–H groups in total. The van der Waals surface area contributed by atoms with Crippen LogP contribution < -0.4 is 9.83 Å². The Hall–Kier alpha value is -2.35. The minimum absolute atomic E-state index is 0.472. The van der Waals surface area contributed by atoms with E-state index in [-0.39, 0.29) is 0 Å². The number of hydrogen-bond donors (Lipinski definition) is 1. The molecule has 148 valence electrons. The minimum Gasteiger partial charge on any atom is -0.421 e. The third kappa shape index (κ3) is 3.54. The number of benzene rings is 3. The summed E-state index contributed by atoms with van der Waals surface area (Å²) in [7, 11) is -3.94. The van der Waals surface area contributed by atoms with Gasteiger partial charge < -0.3 is 9.42 Å². The summed E-state index contributed by atoms with van der Waals surface area (Å²) in [6.45, 7) is 0. The zero-order valence-electron chi connectivity index (χ0n) is 16.4. The first-order valence-electron chi connectivity index (χ1n) is 10.4. The fraction of sp³-hybridized carbons (Fsp3) is 0.280. The highest BCUT2D eigenvalue weighted by Gasteiger charge is 2.37. The molecule has 0 aromatic heterocycles. The molecule has 0 spiro atoms. The summed E-state index contributed by atoms with van der Waals surface area (Å²) in [6.07, 6.45) is 6.83. The van der Waals surface area contributed by atoms with Crippen LogP contribution in [0.4, 0.5) is 0 Å². The second-order valence-corrected chi connectivity index (χ2v) is 9.85. The standard InChI is InChI=1S/C25H25O3P/c26-29(27)25-21(15-18-9-3-1-4-10-18)16-20(19-11-5-2-6-12-19)17-23(25)22-13-7-8-14-24(22)28-29/h1,3-4,7-10,13-14,16-17,19H,2,5-6,11-12,15H2,(H,26,27). The van der Waals surface area contributed by atoms with Crippen LogP contribution >= 0.6 is 7.60 Å². The van der Waals surface area contributed by atoms with Crippen molar-refractivity contribution in [2.45, 2.75) is 44.4 Å². The summed E-state index contributed by atoms with van der Waals surface area (Å²) in [5.41, 5.74) is 5.12. The van der Waals surface area contributed by atoms with Gasteiger partial charge in [-0.15, -0.1) is 0 Å². The minimum atomic E-state index is -3.94. The largest absolute Gasteiger partial charge is 0.421 e. The normalized spacial score (nSPS) is 21.1. The van der Waals surface area contributed by atoms with Crippen LogP contribution in [0.5, 0.6) is 5.75 Å². The number of para-hydroxylation sites is 1. The summed E-state index contributed by atoms with van der Waals surface area (Å²) in [5, 5.41) is 0.472. The first-order chi connectivity index (χ1) is 14.1. The first kappa shape index (κ1) is 18.7. The van der Waals surface area contributed by atoms with Crippen molar-refractivity contribution in [2.24, 2.45) is 0 Å². The smallest absolute Gasteiger partial charge is 0.409 e. The summed E-state index contributed by atoms with van der Waals surface area (Å²) in [4.78, 5) is 10.9. The van der Waals surface area contributed by atoms with Crippen LogP contribution in [0.1, 0.15) is 54.7 Å². The molecule has 3 aromatic rings. The second-order valence-electron chi connectivity index (χ2n) is 8.18. The summed E-state index contributed by atoms with van der Waals surface area (Å²) >= 11 is 0. The van der Waals surface area contributed by atoms with Crippen LogP contribution in [0.3, 0.4) is 0 Å². The lowest BCUT2D eigenvalue weighted by molar-refractivity contribution is 0.392. The van der Waals surface area contributed by atoms with E-state index >= 15 is 0 Å². The van der Waals surface area contributed by atoms with Gasteiger partial charge in [-0.05, 0) is 54.0 Å². The van der Waals surface area contributed by atoms with Crippen molar-refractivity contribution in [1.29, 1.82) is 0 Å². The molecular weight excluding hydrogens is 379 g/mol. The van der Waals surface area contributed by atoms with Crippen LogP contribution in [0.15, 0.2) is 66.7 Å². The van der Waals surface area contributed by atoms with Gasteiger partial charge in [0.2, 0.25) is 0 Å². The van der Waals surface area contributed by atoms with Crippen molar-refractivity contribution >= 4 is 12.9 Å². The maximum Gasteiger partial charge on any atom is 0.409 e. The lowest BCUT2D eigenvalue weighted by Gasteiger charge is -2.30. The molecule has 3 nitrogen and oxygen atoms in total. The lowest BCUT2D eigenvalue weighted by atomic mass is 9.82. The lowest BCUT2D eigenvalue weighted by Crippen LogP contribution is -2.23. The average Bonchev–Trinajstić information content (AvgIpc) is 2.74. The topological polar surface area (TPSA) is 46.5 Å². The quantitative estimate of drug-likeness (QED) is 0.529.